The first-order valence-corrected chi connectivity index (χ1v) is 7.25. The summed E-state index contributed by atoms with van der Waals surface area (Å²) in [5.74, 6) is 0.00972. The maximum atomic E-state index is 12.5. The lowest BCUT2D eigenvalue weighted by Gasteiger charge is -2.28. The standard InChI is InChI=1S/C16H15N5O/c1-11-7-15-18-9-13-10-20(6-4-14(13)21(15)19-11)16(22)12-3-2-5-17-8-12/h2-3,5,7-9H,4,6,10H2,1H3. The smallest absolute Gasteiger partial charge is 0.255 e. The first-order chi connectivity index (χ1) is 10.7. The number of nitrogens with zero attached hydrogens (tertiary/aromatic N) is 5. The molecule has 0 spiro atoms. The molecule has 3 aromatic heterocycles. The van der Waals surface area contributed by atoms with Crippen molar-refractivity contribution in [2.45, 2.75) is 19.9 Å². The average Bonchev–Trinajstić information content (AvgIpc) is 2.95. The second-order valence-electron chi connectivity index (χ2n) is 5.50. The van der Waals surface area contributed by atoms with Crippen molar-refractivity contribution in [2.75, 3.05) is 6.54 Å². The van der Waals surface area contributed by atoms with Crippen molar-refractivity contribution in [3.8, 4) is 0 Å². The first kappa shape index (κ1) is 12.9. The Morgan fingerprint density at radius 1 is 1.32 bits per heavy atom. The highest BCUT2D eigenvalue weighted by Crippen LogP contribution is 2.21. The molecule has 1 amide bonds. The van der Waals surface area contributed by atoms with Gasteiger partial charge in [0.1, 0.15) is 0 Å². The van der Waals surface area contributed by atoms with Crippen LogP contribution >= 0.6 is 0 Å². The Labute approximate surface area is 127 Å². The van der Waals surface area contributed by atoms with Crippen LogP contribution in [0.15, 0.2) is 36.8 Å². The van der Waals surface area contributed by atoms with E-state index in [1.807, 2.05) is 28.6 Å². The molecule has 0 unspecified atom stereocenters. The zero-order valence-corrected chi connectivity index (χ0v) is 12.2. The van der Waals surface area contributed by atoms with E-state index in [0.29, 0.717) is 18.7 Å². The number of aromatic nitrogens is 4. The summed E-state index contributed by atoms with van der Waals surface area (Å²) in [6, 6.07) is 5.54. The van der Waals surface area contributed by atoms with E-state index in [-0.39, 0.29) is 5.91 Å². The van der Waals surface area contributed by atoms with Crippen molar-refractivity contribution in [1.82, 2.24) is 24.5 Å². The Hall–Kier alpha value is -2.76. The van der Waals surface area contributed by atoms with Gasteiger partial charge >= 0.3 is 0 Å². The van der Waals surface area contributed by atoms with Crippen LogP contribution in [0.1, 0.15) is 27.3 Å². The van der Waals surface area contributed by atoms with Crippen LogP contribution in [0.2, 0.25) is 0 Å². The molecule has 4 rings (SSSR count). The molecule has 110 valence electrons. The summed E-state index contributed by atoms with van der Waals surface area (Å²) in [6.45, 7) is 3.20. The molecule has 0 aromatic carbocycles. The second kappa shape index (κ2) is 4.91. The van der Waals surface area contributed by atoms with Crippen molar-refractivity contribution < 1.29 is 4.79 Å². The van der Waals surface area contributed by atoms with E-state index in [2.05, 4.69) is 15.1 Å². The largest absolute Gasteiger partial charge is 0.334 e. The lowest BCUT2D eigenvalue weighted by Crippen LogP contribution is -2.37. The van der Waals surface area contributed by atoms with Crippen LogP contribution in [0, 0.1) is 6.92 Å². The van der Waals surface area contributed by atoms with Gasteiger partial charge in [-0.2, -0.15) is 5.10 Å². The van der Waals surface area contributed by atoms with E-state index in [1.54, 1.807) is 24.5 Å². The summed E-state index contributed by atoms with van der Waals surface area (Å²) in [5.41, 5.74) is 4.64. The minimum absolute atomic E-state index is 0.00972. The third kappa shape index (κ3) is 2.04. The predicted octanol–water partition coefficient (Wildman–Crippen LogP) is 1.63. The van der Waals surface area contributed by atoms with Crippen LogP contribution in [0.3, 0.4) is 0 Å². The highest BCUT2D eigenvalue weighted by molar-refractivity contribution is 5.94. The Kier molecular flexibility index (Phi) is 2.89. The van der Waals surface area contributed by atoms with Gasteiger partial charge in [-0.1, -0.05) is 0 Å². The van der Waals surface area contributed by atoms with Crippen LogP contribution in [-0.4, -0.2) is 36.9 Å². The molecule has 6 nitrogen and oxygen atoms in total. The molecule has 0 N–H and O–H groups in total. The molecule has 3 aromatic rings. The summed E-state index contributed by atoms with van der Waals surface area (Å²) >= 11 is 0. The molecule has 6 heteroatoms. The van der Waals surface area contributed by atoms with E-state index >= 15 is 0 Å². The third-order valence-electron chi connectivity index (χ3n) is 3.97. The molecule has 22 heavy (non-hydrogen) atoms. The maximum Gasteiger partial charge on any atom is 0.255 e. The number of rotatable bonds is 1. The summed E-state index contributed by atoms with van der Waals surface area (Å²) in [5, 5.41) is 4.50. The Morgan fingerprint density at radius 2 is 2.23 bits per heavy atom. The third-order valence-corrected chi connectivity index (χ3v) is 3.97. The number of pyridine rings is 1. The van der Waals surface area contributed by atoms with Gasteiger partial charge < -0.3 is 4.90 Å². The number of amides is 1. The fourth-order valence-corrected chi connectivity index (χ4v) is 2.90. The van der Waals surface area contributed by atoms with Crippen LogP contribution in [0.4, 0.5) is 0 Å². The van der Waals surface area contributed by atoms with Gasteiger partial charge in [0.15, 0.2) is 5.65 Å². The maximum absolute atomic E-state index is 12.5. The lowest BCUT2D eigenvalue weighted by molar-refractivity contribution is 0.0732. The average molecular weight is 293 g/mol. The van der Waals surface area contributed by atoms with Gasteiger partial charge in [0.05, 0.1) is 17.0 Å². The van der Waals surface area contributed by atoms with Crippen LogP contribution in [-0.2, 0) is 13.0 Å². The van der Waals surface area contributed by atoms with Gasteiger partial charge in [0.25, 0.3) is 5.91 Å². The molecular weight excluding hydrogens is 278 g/mol. The number of carbonyl (C=O) groups excluding carboxylic acids is 1. The quantitative estimate of drug-likeness (QED) is 0.684. The summed E-state index contributed by atoms with van der Waals surface area (Å²) < 4.78 is 1.90. The van der Waals surface area contributed by atoms with Crippen molar-refractivity contribution in [1.29, 1.82) is 0 Å². The van der Waals surface area contributed by atoms with Crippen LogP contribution < -0.4 is 0 Å². The number of hydrogen-bond acceptors (Lipinski definition) is 4. The SMILES string of the molecule is Cc1cc2ncc3c(n2n1)CCN(C(=O)c1cccnc1)C3. The predicted molar refractivity (Wildman–Crippen MR) is 80.4 cm³/mol. The fourth-order valence-electron chi connectivity index (χ4n) is 2.90. The van der Waals surface area contributed by atoms with Gasteiger partial charge in [-0.25, -0.2) is 9.50 Å². The van der Waals surface area contributed by atoms with Crippen LogP contribution in [0.25, 0.3) is 5.65 Å². The fraction of sp³-hybridized carbons (Fsp3) is 0.250. The number of fused-ring (bicyclic) bond motifs is 3. The van der Waals surface area contributed by atoms with E-state index in [9.17, 15) is 4.79 Å². The molecule has 1 aliphatic heterocycles. The molecule has 0 bridgehead atoms. The van der Waals surface area contributed by atoms with Gasteiger partial charge in [-0.3, -0.25) is 9.78 Å². The van der Waals surface area contributed by atoms with Gasteiger partial charge in [0, 0.05) is 49.7 Å². The van der Waals surface area contributed by atoms with Crippen molar-refractivity contribution in [3.63, 3.8) is 0 Å². The number of carbonyl (C=O) groups is 1. The molecule has 4 heterocycles. The summed E-state index contributed by atoms with van der Waals surface area (Å²) in [7, 11) is 0. The van der Waals surface area contributed by atoms with Crippen molar-refractivity contribution in [2.24, 2.45) is 0 Å². The second-order valence-corrected chi connectivity index (χ2v) is 5.50. The van der Waals surface area contributed by atoms with E-state index in [0.717, 1.165) is 29.0 Å². The van der Waals surface area contributed by atoms with Gasteiger partial charge in [0.2, 0.25) is 0 Å². The van der Waals surface area contributed by atoms with E-state index in [4.69, 9.17) is 0 Å². The molecule has 0 saturated heterocycles. The van der Waals surface area contributed by atoms with Crippen molar-refractivity contribution in [3.05, 3.63) is 59.3 Å². The topological polar surface area (TPSA) is 63.4 Å². The summed E-state index contributed by atoms with van der Waals surface area (Å²) in [4.78, 5) is 22.8. The Bertz CT molecular complexity index is 856. The van der Waals surface area contributed by atoms with Gasteiger partial charge in [-0.15, -0.1) is 0 Å². The highest BCUT2D eigenvalue weighted by atomic mass is 16.2. The zero-order valence-electron chi connectivity index (χ0n) is 12.2. The molecule has 0 radical (unpaired) electrons. The number of aryl methyl sites for hydroxylation is 1. The minimum atomic E-state index is 0.00972. The molecular formula is C16H15N5O. The van der Waals surface area contributed by atoms with E-state index in [1.165, 1.54) is 0 Å². The Morgan fingerprint density at radius 3 is 3.05 bits per heavy atom. The summed E-state index contributed by atoms with van der Waals surface area (Å²) in [6.07, 6.45) is 5.91. The first-order valence-electron chi connectivity index (χ1n) is 7.25. The lowest BCUT2D eigenvalue weighted by atomic mass is 10.1. The van der Waals surface area contributed by atoms with Crippen LogP contribution in [0.5, 0.6) is 0 Å². The Balaban J connectivity index is 1.67. The zero-order chi connectivity index (χ0) is 15.1. The molecule has 1 aliphatic rings. The molecule has 0 fully saturated rings. The molecule has 0 aliphatic carbocycles. The molecule has 0 atom stereocenters. The number of hydrogen-bond donors (Lipinski definition) is 0. The molecule has 0 saturated carbocycles. The van der Waals surface area contributed by atoms with Gasteiger partial charge in [-0.05, 0) is 19.1 Å². The van der Waals surface area contributed by atoms with E-state index < -0.39 is 0 Å². The monoisotopic (exact) mass is 293 g/mol. The highest BCUT2D eigenvalue weighted by Gasteiger charge is 2.24. The van der Waals surface area contributed by atoms with Crippen molar-refractivity contribution >= 4 is 11.6 Å². The minimum Gasteiger partial charge on any atom is -0.334 e. The normalized spacial score (nSPS) is 14.1.